The van der Waals surface area contributed by atoms with Crippen LogP contribution in [0.4, 0.5) is 11.4 Å². The number of hydrogen-bond donors (Lipinski definition) is 2. The van der Waals surface area contributed by atoms with Gasteiger partial charge in [0.05, 0.1) is 24.5 Å². The molecule has 5 nitrogen and oxygen atoms in total. The van der Waals surface area contributed by atoms with Gasteiger partial charge in [-0.05, 0) is 30.7 Å². The lowest BCUT2D eigenvalue weighted by atomic mass is 10.2. The number of nitrogens with zero attached hydrogens (tertiary/aromatic N) is 1. The van der Waals surface area contributed by atoms with Gasteiger partial charge in [0.25, 0.3) is 0 Å². The van der Waals surface area contributed by atoms with Gasteiger partial charge in [0.15, 0.2) is 0 Å². The summed E-state index contributed by atoms with van der Waals surface area (Å²) in [7, 11) is 1.65. The standard InChI is InChI=1S/C20H25N3O2S/c1-25-14-12-21-15-20(24)22-11-6-13-23-16-7-2-4-9-18(16)26-19-10-5-3-8-17(19)23/h2-5,7-10,21H,6,11-15H2,1H3,(H,22,24). The number of amides is 1. The van der Waals surface area contributed by atoms with E-state index in [9.17, 15) is 4.79 Å². The van der Waals surface area contributed by atoms with E-state index in [4.69, 9.17) is 4.74 Å². The molecule has 1 heterocycles. The Kier molecular flexibility index (Phi) is 6.94. The lowest BCUT2D eigenvalue weighted by Crippen LogP contribution is -2.36. The van der Waals surface area contributed by atoms with Gasteiger partial charge in [-0.2, -0.15) is 0 Å². The van der Waals surface area contributed by atoms with Crippen molar-refractivity contribution < 1.29 is 9.53 Å². The topological polar surface area (TPSA) is 53.6 Å². The van der Waals surface area contributed by atoms with E-state index in [2.05, 4.69) is 64.1 Å². The molecule has 0 saturated carbocycles. The summed E-state index contributed by atoms with van der Waals surface area (Å²) >= 11 is 1.81. The Hall–Kier alpha value is -2.02. The van der Waals surface area contributed by atoms with Crippen LogP contribution in [0.15, 0.2) is 58.3 Å². The van der Waals surface area contributed by atoms with Crippen LogP contribution in [0.5, 0.6) is 0 Å². The molecule has 0 atom stereocenters. The third-order valence-electron chi connectivity index (χ3n) is 4.18. The van der Waals surface area contributed by atoms with Crippen LogP contribution < -0.4 is 15.5 Å². The summed E-state index contributed by atoms with van der Waals surface area (Å²) < 4.78 is 4.95. The number of rotatable bonds is 9. The summed E-state index contributed by atoms with van der Waals surface area (Å²) in [5, 5.41) is 6.03. The first kappa shape index (κ1) is 18.8. The molecule has 1 aliphatic rings. The van der Waals surface area contributed by atoms with Gasteiger partial charge in [0.2, 0.25) is 5.91 Å². The second kappa shape index (κ2) is 9.62. The quantitative estimate of drug-likeness (QED) is 0.664. The zero-order chi connectivity index (χ0) is 18.2. The molecule has 0 unspecified atom stereocenters. The maximum absolute atomic E-state index is 11.8. The zero-order valence-electron chi connectivity index (χ0n) is 15.0. The molecule has 0 spiro atoms. The van der Waals surface area contributed by atoms with E-state index in [1.165, 1.54) is 21.2 Å². The van der Waals surface area contributed by atoms with E-state index in [1.54, 1.807) is 7.11 Å². The highest BCUT2D eigenvalue weighted by Gasteiger charge is 2.22. The van der Waals surface area contributed by atoms with Gasteiger partial charge in [0.1, 0.15) is 0 Å². The fraction of sp³-hybridized carbons (Fsp3) is 0.350. The number of nitrogens with one attached hydrogen (secondary N) is 2. The number of methoxy groups -OCH3 is 1. The minimum Gasteiger partial charge on any atom is -0.383 e. The monoisotopic (exact) mass is 371 g/mol. The largest absolute Gasteiger partial charge is 0.383 e. The maximum atomic E-state index is 11.8. The summed E-state index contributed by atoms with van der Waals surface area (Å²) in [6, 6.07) is 17.0. The number of ether oxygens (including phenoxy) is 1. The summed E-state index contributed by atoms with van der Waals surface area (Å²) in [6.45, 7) is 3.15. The van der Waals surface area contributed by atoms with Gasteiger partial charge in [-0.15, -0.1) is 0 Å². The Morgan fingerprint density at radius 1 is 1.04 bits per heavy atom. The van der Waals surface area contributed by atoms with E-state index in [0.29, 0.717) is 26.2 Å². The predicted molar refractivity (Wildman–Crippen MR) is 106 cm³/mol. The van der Waals surface area contributed by atoms with Crippen molar-refractivity contribution in [1.29, 1.82) is 0 Å². The van der Waals surface area contributed by atoms with Crippen LogP contribution in [0.3, 0.4) is 0 Å². The van der Waals surface area contributed by atoms with Crippen molar-refractivity contribution in [2.45, 2.75) is 16.2 Å². The Labute approximate surface area is 159 Å². The molecule has 2 aromatic carbocycles. The molecule has 6 heteroatoms. The fourth-order valence-electron chi connectivity index (χ4n) is 2.93. The number of carbonyl (C=O) groups excluding carboxylic acids is 1. The van der Waals surface area contributed by atoms with Crippen LogP contribution in [0.2, 0.25) is 0 Å². The van der Waals surface area contributed by atoms with Crippen molar-refractivity contribution in [2.24, 2.45) is 0 Å². The van der Waals surface area contributed by atoms with Crippen molar-refractivity contribution in [2.75, 3.05) is 44.8 Å². The molecule has 0 saturated heterocycles. The van der Waals surface area contributed by atoms with Gasteiger partial charge >= 0.3 is 0 Å². The molecule has 1 amide bonds. The molecule has 0 aliphatic carbocycles. The van der Waals surface area contributed by atoms with Crippen molar-refractivity contribution >= 4 is 29.0 Å². The van der Waals surface area contributed by atoms with E-state index < -0.39 is 0 Å². The summed E-state index contributed by atoms with van der Waals surface area (Å²) in [5.41, 5.74) is 2.48. The van der Waals surface area contributed by atoms with Crippen LogP contribution in [-0.2, 0) is 9.53 Å². The maximum Gasteiger partial charge on any atom is 0.233 e. The first-order valence-corrected chi connectivity index (χ1v) is 9.71. The van der Waals surface area contributed by atoms with E-state index in [0.717, 1.165) is 13.0 Å². The molecular weight excluding hydrogens is 346 g/mol. The van der Waals surface area contributed by atoms with Crippen LogP contribution in [-0.4, -0.2) is 45.8 Å². The molecule has 0 aromatic heterocycles. The van der Waals surface area contributed by atoms with Gasteiger partial charge in [-0.3, -0.25) is 4.79 Å². The van der Waals surface area contributed by atoms with Gasteiger partial charge in [-0.1, -0.05) is 36.0 Å². The molecule has 138 valence electrons. The highest BCUT2D eigenvalue weighted by atomic mass is 32.2. The lowest BCUT2D eigenvalue weighted by molar-refractivity contribution is -0.120. The van der Waals surface area contributed by atoms with Crippen molar-refractivity contribution in [3.05, 3.63) is 48.5 Å². The first-order chi connectivity index (χ1) is 12.8. The molecule has 0 fully saturated rings. The Morgan fingerprint density at radius 3 is 2.35 bits per heavy atom. The van der Waals surface area contributed by atoms with Crippen molar-refractivity contribution in [1.82, 2.24) is 10.6 Å². The highest BCUT2D eigenvalue weighted by Crippen LogP contribution is 2.47. The Balaban J connectivity index is 1.53. The molecule has 0 bridgehead atoms. The second-order valence-corrected chi connectivity index (χ2v) is 7.15. The van der Waals surface area contributed by atoms with Crippen molar-refractivity contribution in [3.8, 4) is 0 Å². The summed E-state index contributed by atoms with van der Waals surface area (Å²) in [6.07, 6.45) is 0.886. The highest BCUT2D eigenvalue weighted by molar-refractivity contribution is 7.99. The van der Waals surface area contributed by atoms with Gasteiger partial charge in [-0.25, -0.2) is 0 Å². The Morgan fingerprint density at radius 2 is 1.69 bits per heavy atom. The Bertz CT molecular complexity index is 693. The number of benzene rings is 2. The van der Waals surface area contributed by atoms with E-state index in [1.807, 2.05) is 11.8 Å². The third-order valence-corrected chi connectivity index (χ3v) is 5.31. The van der Waals surface area contributed by atoms with Gasteiger partial charge < -0.3 is 20.3 Å². The zero-order valence-corrected chi connectivity index (χ0v) is 15.8. The number of para-hydroxylation sites is 2. The minimum atomic E-state index is 0.0242. The average Bonchev–Trinajstić information content (AvgIpc) is 2.67. The summed E-state index contributed by atoms with van der Waals surface area (Å²) in [5.74, 6) is 0.0242. The fourth-order valence-corrected chi connectivity index (χ4v) is 4.02. The smallest absolute Gasteiger partial charge is 0.233 e. The van der Waals surface area contributed by atoms with Crippen LogP contribution in [0.1, 0.15) is 6.42 Å². The molecule has 2 N–H and O–H groups in total. The molecule has 1 aliphatic heterocycles. The molecule has 3 rings (SSSR count). The second-order valence-electron chi connectivity index (χ2n) is 6.06. The molecular formula is C20H25N3O2S. The number of hydrogen-bond acceptors (Lipinski definition) is 5. The number of anilines is 2. The first-order valence-electron chi connectivity index (χ1n) is 8.89. The van der Waals surface area contributed by atoms with E-state index >= 15 is 0 Å². The van der Waals surface area contributed by atoms with Crippen LogP contribution >= 0.6 is 11.8 Å². The SMILES string of the molecule is COCCNCC(=O)NCCCN1c2ccccc2Sc2ccccc21. The number of fused-ring (bicyclic) bond motifs is 2. The average molecular weight is 372 g/mol. The van der Waals surface area contributed by atoms with Crippen LogP contribution in [0, 0.1) is 0 Å². The molecule has 0 radical (unpaired) electrons. The third kappa shape index (κ3) is 4.78. The predicted octanol–water partition coefficient (Wildman–Crippen LogP) is 3.03. The molecule has 26 heavy (non-hydrogen) atoms. The number of carbonyl (C=O) groups is 1. The lowest BCUT2D eigenvalue weighted by Gasteiger charge is -2.32. The van der Waals surface area contributed by atoms with Crippen molar-refractivity contribution in [3.63, 3.8) is 0 Å². The van der Waals surface area contributed by atoms with Crippen LogP contribution in [0.25, 0.3) is 0 Å². The normalized spacial score (nSPS) is 12.4. The van der Waals surface area contributed by atoms with Gasteiger partial charge in [0, 0.05) is 36.5 Å². The molecule has 2 aromatic rings. The minimum absolute atomic E-state index is 0.0242. The summed E-state index contributed by atoms with van der Waals surface area (Å²) in [4.78, 5) is 16.7. The van der Waals surface area contributed by atoms with E-state index in [-0.39, 0.29) is 5.91 Å².